The molecule has 0 atom stereocenters. The molecule has 2 aliphatic rings. The van der Waals surface area contributed by atoms with Crippen LogP contribution in [0.4, 0.5) is 0 Å². The minimum Gasteiger partial charge on any atom is -0.481 e. The SMILES string of the molecule is CC(C)(C)CS(=O)(=O)c1ccc(-c2sc(C(=O)NC3CC(C(=O)O)C3)nc2CC2CCCCC2)c2ccccc12. The number of sulfone groups is 1. The summed E-state index contributed by atoms with van der Waals surface area (Å²) in [7, 11) is -3.52. The molecule has 3 aromatic rings. The molecule has 0 radical (unpaired) electrons. The van der Waals surface area contributed by atoms with Crippen molar-refractivity contribution in [2.45, 2.75) is 83.1 Å². The van der Waals surface area contributed by atoms with Gasteiger partial charge in [-0.2, -0.15) is 0 Å². The molecule has 0 saturated heterocycles. The Labute approximate surface area is 240 Å². The normalized spacial score (nSPS) is 20.3. The largest absolute Gasteiger partial charge is 0.481 e. The second-order valence-electron chi connectivity index (χ2n) is 12.7. The summed E-state index contributed by atoms with van der Waals surface area (Å²) in [6, 6.07) is 11.0. The molecule has 0 spiro atoms. The Morgan fingerprint density at radius 3 is 2.35 bits per heavy atom. The Balaban J connectivity index is 1.53. The van der Waals surface area contributed by atoms with Crippen LogP contribution in [0.15, 0.2) is 41.3 Å². The van der Waals surface area contributed by atoms with Crippen LogP contribution < -0.4 is 5.32 Å². The molecule has 2 fully saturated rings. The number of carbonyl (C=O) groups excluding carboxylic acids is 1. The van der Waals surface area contributed by atoms with Gasteiger partial charge in [0.2, 0.25) is 0 Å². The number of amides is 1. The van der Waals surface area contributed by atoms with Crippen LogP contribution in [0.1, 0.15) is 81.2 Å². The first-order valence-corrected chi connectivity index (χ1v) is 16.7. The van der Waals surface area contributed by atoms with Crippen molar-refractivity contribution in [1.29, 1.82) is 0 Å². The van der Waals surface area contributed by atoms with Gasteiger partial charge in [0.1, 0.15) is 0 Å². The quantitative estimate of drug-likeness (QED) is 0.314. The molecule has 0 aliphatic heterocycles. The van der Waals surface area contributed by atoms with Gasteiger partial charge in [-0.1, -0.05) is 83.2 Å². The van der Waals surface area contributed by atoms with Gasteiger partial charge < -0.3 is 10.4 Å². The molecule has 1 amide bonds. The number of hydrogen-bond donors (Lipinski definition) is 2. The zero-order valence-corrected chi connectivity index (χ0v) is 25.0. The lowest BCUT2D eigenvalue weighted by atomic mass is 9.80. The highest BCUT2D eigenvalue weighted by Crippen LogP contribution is 2.41. The van der Waals surface area contributed by atoms with Crippen LogP contribution in [-0.2, 0) is 21.1 Å². The van der Waals surface area contributed by atoms with Crippen LogP contribution in [-0.4, -0.2) is 42.2 Å². The van der Waals surface area contributed by atoms with Gasteiger partial charge in [0, 0.05) is 17.0 Å². The van der Waals surface area contributed by atoms with Gasteiger partial charge >= 0.3 is 5.97 Å². The third-order valence-electron chi connectivity index (χ3n) is 8.01. The fourth-order valence-corrected chi connectivity index (χ4v) is 9.15. The van der Waals surface area contributed by atoms with Gasteiger partial charge in [0.05, 0.1) is 27.1 Å². The fraction of sp³-hybridized carbons (Fsp3) is 0.516. The van der Waals surface area contributed by atoms with Crippen molar-refractivity contribution in [2.24, 2.45) is 17.3 Å². The van der Waals surface area contributed by atoms with E-state index in [1.54, 1.807) is 6.07 Å². The van der Waals surface area contributed by atoms with Crippen LogP contribution in [0.3, 0.4) is 0 Å². The monoisotopic (exact) mass is 582 g/mol. The van der Waals surface area contributed by atoms with E-state index in [1.165, 1.54) is 30.6 Å². The van der Waals surface area contributed by atoms with Crippen molar-refractivity contribution in [3.8, 4) is 10.4 Å². The zero-order valence-electron chi connectivity index (χ0n) is 23.4. The van der Waals surface area contributed by atoms with Crippen LogP contribution in [0.2, 0.25) is 0 Å². The molecule has 1 heterocycles. The summed E-state index contributed by atoms with van der Waals surface area (Å²) in [6.07, 6.45) is 7.58. The summed E-state index contributed by atoms with van der Waals surface area (Å²) in [5.74, 6) is -0.949. The Kier molecular flexibility index (Phi) is 8.08. The summed E-state index contributed by atoms with van der Waals surface area (Å²) in [5.41, 5.74) is 1.40. The second-order valence-corrected chi connectivity index (χ2v) is 15.6. The number of aliphatic carboxylic acids is 1. The maximum Gasteiger partial charge on any atom is 0.306 e. The number of benzene rings is 2. The van der Waals surface area contributed by atoms with Crippen molar-refractivity contribution >= 4 is 43.8 Å². The molecule has 2 N–H and O–H groups in total. The summed E-state index contributed by atoms with van der Waals surface area (Å²) < 4.78 is 26.9. The molecule has 0 unspecified atom stereocenters. The molecule has 2 saturated carbocycles. The Hall–Kier alpha value is -2.78. The maximum atomic E-state index is 13.4. The smallest absolute Gasteiger partial charge is 0.306 e. The van der Waals surface area contributed by atoms with E-state index in [-0.39, 0.29) is 23.1 Å². The topological polar surface area (TPSA) is 113 Å². The number of carboxylic acid groups (broad SMARTS) is 1. The van der Waals surface area contributed by atoms with Crippen LogP contribution in [0.25, 0.3) is 21.2 Å². The molecule has 7 nitrogen and oxygen atoms in total. The van der Waals surface area contributed by atoms with Gasteiger partial charge in [0.25, 0.3) is 5.91 Å². The van der Waals surface area contributed by atoms with Gasteiger partial charge in [-0.25, -0.2) is 13.4 Å². The molecular weight excluding hydrogens is 544 g/mol. The third-order valence-corrected chi connectivity index (χ3v) is 11.4. The Morgan fingerprint density at radius 1 is 1.02 bits per heavy atom. The number of hydrogen-bond acceptors (Lipinski definition) is 6. The number of carbonyl (C=O) groups is 2. The van der Waals surface area contributed by atoms with Crippen molar-refractivity contribution in [1.82, 2.24) is 10.3 Å². The fourth-order valence-electron chi connectivity index (χ4n) is 6.04. The average molecular weight is 583 g/mol. The van der Waals surface area contributed by atoms with Gasteiger partial charge in [-0.3, -0.25) is 9.59 Å². The predicted octanol–water partition coefficient (Wildman–Crippen LogP) is 6.50. The van der Waals surface area contributed by atoms with E-state index in [4.69, 9.17) is 4.98 Å². The molecular formula is C31H38N2O5S2. The van der Waals surface area contributed by atoms with E-state index in [2.05, 4.69) is 5.32 Å². The zero-order chi connectivity index (χ0) is 28.7. The molecule has 9 heteroatoms. The molecule has 214 valence electrons. The first kappa shape index (κ1) is 28.7. The van der Waals surface area contributed by atoms with Crippen LogP contribution in [0, 0.1) is 17.3 Å². The first-order chi connectivity index (χ1) is 18.9. The lowest BCUT2D eigenvalue weighted by molar-refractivity contribution is -0.145. The number of nitrogens with zero attached hydrogens (tertiary/aromatic N) is 1. The van der Waals surface area contributed by atoms with Crippen molar-refractivity contribution in [3.05, 3.63) is 47.1 Å². The van der Waals surface area contributed by atoms with E-state index < -0.39 is 21.7 Å². The highest BCUT2D eigenvalue weighted by atomic mass is 32.2. The minimum absolute atomic E-state index is 0.0467. The van der Waals surface area contributed by atoms with Crippen molar-refractivity contribution < 1.29 is 23.1 Å². The molecule has 0 bridgehead atoms. The molecule has 2 aromatic carbocycles. The van der Waals surface area contributed by atoms with E-state index >= 15 is 0 Å². The number of aromatic nitrogens is 1. The number of fused-ring (bicyclic) bond motifs is 1. The molecule has 2 aliphatic carbocycles. The van der Waals surface area contributed by atoms with E-state index in [0.717, 1.165) is 40.8 Å². The second kappa shape index (κ2) is 11.2. The standard InChI is InChI=1S/C31H38N2O5S2/c1-31(2,3)18-40(37,38)26-14-13-24(22-11-7-8-12-23(22)26)27-25(15-19-9-5-4-6-10-19)33-29(39-27)28(34)32-21-16-20(17-21)30(35)36/h7-8,11-14,19-21H,4-6,9-10,15-18H2,1-3H3,(H,32,34)(H,35,36). The summed E-state index contributed by atoms with van der Waals surface area (Å²) in [6.45, 7) is 5.77. The lowest BCUT2D eigenvalue weighted by Gasteiger charge is -2.32. The highest BCUT2D eigenvalue weighted by molar-refractivity contribution is 7.91. The van der Waals surface area contributed by atoms with Crippen LogP contribution in [0.5, 0.6) is 0 Å². The molecule has 1 aromatic heterocycles. The predicted molar refractivity (Wildman–Crippen MR) is 158 cm³/mol. The summed E-state index contributed by atoms with van der Waals surface area (Å²) in [5, 5.41) is 14.0. The van der Waals surface area contributed by atoms with Crippen molar-refractivity contribution in [2.75, 3.05) is 5.75 Å². The lowest BCUT2D eigenvalue weighted by Crippen LogP contribution is -2.46. The molecule has 40 heavy (non-hydrogen) atoms. The van der Waals surface area contributed by atoms with Crippen LogP contribution >= 0.6 is 11.3 Å². The Morgan fingerprint density at radius 2 is 1.70 bits per heavy atom. The van der Waals surface area contributed by atoms with E-state index in [9.17, 15) is 23.1 Å². The molecule has 5 rings (SSSR count). The number of nitrogens with one attached hydrogen (secondary N) is 1. The Bertz CT molecular complexity index is 1520. The highest BCUT2D eigenvalue weighted by Gasteiger charge is 2.36. The number of carboxylic acids is 1. The van der Waals surface area contributed by atoms with Crippen molar-refractivity contribution in [3.63, 3.8) is 0 Å². The van der Waals surface area contributed by atoms with E-state index in [0.29, 0.717) is 34.0 Å². The summed E-state index contributed by atoms with van der Waals surface area (Å²) >= 11 is 1.34. The maximum absolute atomic E-state index is 13.4. The van der Waals surface area contributed by atoms with Gasteiger partial charge in [-0.15, -0.1) is 11.3 Å². The van der Waals surface area contributed by atoms with Gasteiger partial charge in [-0.05, 0) is 42.0 Å². The minimum atomic E-state index is -3.52. The first-order valence-electron chi connectivity index (χ1n) is 14.2. The number of thiazole rings is 1. The third kappa shape index (κ3) is 6.25. The van der Waals surface area contributed by atoms with Gasteiger partial charge in [0.15, 0.2) is 14.8 Å². The summed E-state index contributed by atoms with van der Waals surface area (Å²) in [4.78, 5) is 30.5. The average Bonchev–Trinajstić information content (AvgIpc) is 3.27. The van der Waals surface area contributed by atoms with E-state index in [1.807, 2.05) is 51.1 Å². The number of rotatable bonds is 8.